The van der Waals surface area contributed by atoms with E-state index in [0.717, 1.165) is 18.4 Å². The first kappa shape index (κ1) is 14.1. The van der Waals surface area contributed by atoms with Crippen molar-refractivity contribution in [1.82, 2.24) is 14.9 Å². The summed E-state index contributed by atoms with van der Waals surface area (Å²) in [7, 11) is 0. The third-order valence-corrected chi connectivity index (χ3v) is 4.18. The average Bonchev–Trinajstić information content (AvgIpc) is 2.58. The molecule has 21 heavy (non-hydrogen) atoms. The number of hydrogen-bond donors (Lipinski definition) is 0. The number of benzene rings is 1. The molecular weight excluding hydrogens is 266 g/mol. The third-order valence-electron chi connectivity index (χ3n) is 4.18. The smallest absolute Gasteiger partial charge is 0.255 e. The second kappa shape index (κ2) is 5.85. The lowest BCUT2D eigenvalue weighted by Gasteiger charge is -2.41. The van der Waals surface area contributed by atoms with Gasteiger partial charge in [-0.3, -0.25) is 19.5 Å². The van der Waals surface area contributed by atoms with Crippen molar-refractivity contribution in [3.63, 3.8) is 0 Å². The van der Waals surface area contributed by atoms with Gasteiger partial charge in [-0.05, 0) is 25.3 Å². The molecule has 5 nitrogen and oxygen atoms in total. The molecule has 0 saturated carbocycles. The van der Waals surface area contributed by atoms with Crippen molar-refractivity contribution in [1.29, 1.82) is 0 Å². The monoisotopic (exact) mass is 287 g/mol. The van der Waals surface area contributed by atoms with Gasteiger partial charge in [0.05, 0.1) is 19.1 Å². The largest absolute Gasteiger partial charge is 0.281 e. The lowest BCUT2D eigenvalue weighted by atomic mass is 10.1. The Bertz CT molecular complexity index is 532. The highest BCUT2D eigenvalue weighted by molar-refractivity contribution is 5.87. The number of rotatable bonds is 2. The van der Waals surface area contributed by atoms with Crippen LogP contribution in [0.4, 0.5) is 0 Å². The summed E-state index contributed by atoms with van der Waals surface area (Å²) in [5, 5.41) is 3.33. The maximum Gasteiger partial charge on any atom is 0.255 e. The first-order valence-electron chi connectivity index (χ1n) is 7.54. The van der Waals surface area contributed by atoms with Gasteiger partial charge in [-0.15, -0.1) is 0 Å². The van der Waals surface area contributed by atoms with Gasteiger partial charge in [-0.2, -0.15) is 0 Å². The summed E-state index contributed by atoms with van der Waals surface area (Å²) < 4.78 is 0. The van der Waals surface area contributed by atoms with Crippen molar-refractivity contribution in [3.8, 4) is 0 Å². The normalized spacial score (nSPS) is 24.0. The zero-order valence-electron chi connectivity index (χ0n) is 12.4. The van der Waals surface area contributed by atoms with Gasteiger partial charge in [-0.25, -0.2) is 5.01 Å². The van der Waals surface area contributed by atoms with Gasteiger partial charge in [-0.1, -0.05) is 30.3 Å². The molecule has 2 fully saturated rings. The van der Waals surface area contributed by atoms with Gasteiger partial charge in [0.25, 0.3) is 11.8 Å². The minimum Gasteiger partial charge on any atom is -0.281 e. The Hall–Kier alpha value is -1.88. The van der Waals surface area contributed by atoms with Crippen LogP contribution in [0.2, 0.25) is 0 Å². The molecule has 0 aromatic heterocycles. The molecule has 112 valence electrons. The molecule has 2 amide bonds. The molecule has 0 aliphatic carbocycles. The standard InChI is InChI=1S/C16H21N3O2/c1-13-6-5-9-18-15(20)11-17(12-16(21)19(13)18)10-14-7-3-2-4-8-14/h2-4,7-8,13H,5-6,9-12H2,1H3/t13-/m0/s1. The fraction of sp³-hybridized carbons (Fsp3) is 0.500. The van der Waals surface area contributed by atoms with E-state index in [-0.39, 0.29) is 17.9 Å². The van der Waals surface area contributed by atoms with E-state index in [1.165, 1.54) is 0 Å². The van der Waals surface area contributed by atoms with Crippen molar-refractivity contribution < 1.29 is 9.59 Å². The minimum absolute atomic E-state index is 0.0309. The first-order valence-corrected chi connectivity index (χ1v) is 7.54. The number of nitrogens with zero attached hydrogens (tertiary/aromatic N) is 3. The fourth-order valence-electron chi connectivity index (χ4n) is 3.18. The maximum atomic E-state index is 12.5. The van der Waals surface area contributed by atoms with Gasteiger partial charge in [0, 0.05) is 13.1 Å². The molecule has 2 heterocycles. The van der Waals surface area contributed by atoms with Crippen LogP contribution < -0.4 is 0 Å². The predicted octanol–water partition coefficient (Wildman–Crippen LogP) is 1.26. The molecule has 0 bridgehead atoms. The molecule has 1 aromatic rings. The summed E-state index contributed by atoms with van der Waals surface area (Å²) in [4.78, 5) is 26.9. The Balaban J connectivity index is 1.77. The van der Waals surface area contributed by atoms with Gasteiger partial charge in [0.15, 0.2) is 0 Å². The predicted molar refractivity (Wildman–Crippen MR) is 79.0 cm³/mol. The molecule has 1 atom stereocenters. The quantitative estimate of drug-likeness (QED) is 0.822. The van der Waals surface area contributed by atoms with Crippen LogP contribution in [0.3, 0.4) is 0 Å². The molecule has 0 unspecified atom stereocenters. The molecule has 2 aliphatic rings. The van der Waals surface area contributed by atoms with E-state index < -0.39 is 0 Å². The van der Waals surface area contributed by atoms with Gasteiger partial charge in [0.1, 0.15) is 0 Å². The van der Waals surface area contributed by atoms with Crippen LogP contribution in [0.15, 0.2) is 30.3 Å². The Morgan fingerprint density at radius 1 is 1.10 bits per heavy atom. The van der Waals surface area contributed by atoms with Crippen molar-refractivity contribution in [2.45, 2.75) is 32.4 Å². The minimum atomic E-state index is 0.0309. The van der Waals surface area contributed by atoms with E-state index in [1.54, 1.807) is 10.0 Å². The third kappa shape index (κ3) is 2.93. The molecular formula is C16H21N3O2. The highest BCUT2D eigenvalue weighted by Gasteiger charge is 2.37. The molecule has 3 rings (SSSR count). The zero-order chi connectivity index (χ0) is 14.8. The Kier molecular flexibility index (Phi) is 3.92. The van der Waals surface area contributed by atoms with Crippen molar-refractivity contribution in [2.75, 3.05) is 19.6 Å². The molecule has 0 radical (unpaired) electrons. The lowest BCUT2D eigenvalue weighted by Crippen LogP contribution is -2.56. The Morgan fingerprint density at radius 3 is 2.57 bits per heavy atom. The van der Waals surface area contributed by atoms with E-state index in [0.29, 0.717) is 26.2 Å². The van der Waals surface area contributed by atoms with Crippen LogP contribution in [0.5, 0.6) is 0 Å². The second-order valence-corrected chi connectivity index (χ2v) is 5.88. The maximum absolute atomic E-state index is 12.5. The van der Waals surface area contributed by atoms with Gasteiger partial charge < -0.3 is 0 Å². The summed E-state index contributed by atoms with van der Waals surface area (Å²) in [6.45, 7) is 3.93. The number of carbonyl (C=O) groups is 2. The number of hydrogen-bond acceptors (Lipinski definition) is 3. The summed E-state index contributed by atoms with van der Waals surface area (Å²) >= 11 is 0. The number of amides is 2. The SMILES string of the molecule is C[C@H]1CCCN2C(=O)CN(Cc3ccccc3)CC(=O)N12. The van der Waals surface area contributed by atoms with E-state index in [9.17, 15) is 9.59 Å². The number of hydrazine groups is 1. The highest BCUT2D eigenvalue weighted by Crippen LogP contribution is 2.21. The van der Waals surface area contributed by atoms with Crippen LogP contribution in [0.1, 0.15) is 25.3 Å². The van der Waals surface area contributed by atoms with E-state index in [1.807, 2.05) is 42.2 Å². The fourth-order valence-corrected chi connectivity index (χ4v) is 3.18. The number of carbonyl (C=O) groups excluding carboxylic acids is 2. The summed E-state index contributed by atoms with van der Waals surface area (Å²) in [6, 6.07) is 10.1. The van der Waals surface area contributed by atoms with Crippen LogP contribution in [-0.4, -0.2) is 52.4 Å². The summed E-state index contributed by atoms with van der Waals surface area (Å²) in [5.41, 5.74) is 1.13. The van der Waals surface area contributed by atoms with E-state index >= 15 is 0 Å². The molecule has 2 aliphatic heterocycles. The topological polar surface area (TPSA) is 43.9 Å². The van der Waals surface area contributed by atoms with E-state index in [2.05, 4.69) is 0 Å². The molecule has 0 N–H and O–H groups in total. The van der Waals surface area contributed by atoms with Crippen molar-refractivity contribution in [2.24, 2.45) is 0 Å². The molecule has 2 saturated heterocycles. The van der Waals surface area contributed by atoms with Crippen LogP contribution in [0.25, 0.3) is 0 Å². The first-order chi connectivity index (χ1) is 10.1. The molecule has 1 aromatic carbocycles. The van der Waals surface area contributed by atoms with Crippen molar-refractivity contribution >= 4 is 11.8 Å². The van der Waals surface area contributed by atoms with Gasteiger partial charge >= 0.3 is 0 Å². The van der Waals surface area contributed by atoms with Crippen LogP contribution in [0, 0.1) is 0 Å². The summed E-state index contributed by atoms with van der Waals surface area (Å²) in [5.74, 6) is 0.0623. The van der Waals surface area contributed by atoms with Crippen LogP contribution in [-0.2, 0) is 16.1 Å². The second-order valence-electron chi connectivity index (χ2n) is 5.88. The van der Waals surface area contributed by atoms with E-state index in [4.69, 9.17) is 0 Å². The molecule has 0 spiro atoms. The average molecular weight is 287 g/mol. The number of fused-ring (bicyclic) bond motifs is 1. The van der Waals surface area contributed by atoms with Gasteiger partial charge in [0.2, 0.25) is 0 Å². The van der Waals surface area contributed by atoms with Crippen LogP contribution >= 0.6 is 0 Å². The molecule has 5 heteroatoms. The zero-order valence-corrected chi connectivity index (χ0v) is 12.4. The van der Waals surface area contributed by atoms with Crippen molar-refractivity contribution in [3.05, 3.63) is 35.9 Å². The lowest BCUT2D eigenvalue weighted by molar-refractivity contribution is -0.169. The highest BCUT2D eigenvalue weighted by atomic mass is 16.2. The Morgan fingerprint density at radius 2 is 1.81 bits per heavy atom. The summed E-state index contributed by atoms with van der Waals surface area (Å²) in [6.07, 6.45) is 1.93. The Labute approximate surface area is 125 Å².